The molecule has 0 aromatic carbocycles. The lowest BCUT2D eigenvalue weighted by Gasteiger charge is -1.99. The summed E-state index contributed by atoms with van der Waals surface area (Å²) in [7, 11) is 1.33. The van der Waals surface area contributed by atoms with Crippen molar-refractivity contribution in [2.45, 2.75) is 25.9 Å². The average molecular weight is 184 g/mol. The lowest BCUT2D eigenvalue weighted by atomic mass is 10.1. The molecule has 13 heavy (non-hydrogen) atoms. The quantitative estimate of drug-likeness (QED) is 0.609. The molecule has 0 fully saturated rings. The van der Waals surface area contributed by atoms with Crippen molar-refractivity contribution in [3.05, 3.63) is 11.6 Å². The first-order valence-corrected chi connectivity index (χ1v) is 4.12. The van der Waals surface area contributed by atoms with Crippen LogP contribution in [0.1, 0.15) is 19.8 Å². The molecule has 0 N–H and O–H groups in total. The van der Waals surface area contributed by atoms with Gasteiger partial charge >= 0.3 is 11.9 Å². The maximum absolute atomic E-state index is 11.0. The number of carbonyl (C=O) groups is 2. The van der Waals surface area contributed by atoms with E-state index in [0.717, 1.165) is 0 Å². The third-order valence-corrected chi connectivity index (χ3v) is 1.82. The molecule has 0 spiro atoms. The van der Waals surface area contributed by atoms with Crippen molar-refractivity contribution in [1.82, 2.24) is 0 Å². The zero-order valence-electron chi connectivity index (χ0n) is 7.70. The molecule has 0 aromatic rings. The fourth-order valence-corrected chi connectivity index (χ4v) is 1.15. The van der Waals surface area contributed by atoms with Gasteiger partial charge in [-0.3, -0.25) is 4.79 Å². The van der Waals surface area contributed by atoms with Crippen molar-refractivity contribution in [2.24, 2.45) is 0 Å². The molecule has 0 bridgehead atoms. The maximum atomic E-state index is 11.0. The van der Waals surface area contributed by atoms with Crippen LogP contribution in [0.4, 0.5) is 0 Å². The number of esters is 2. The molecule has 1 heterocycles. The second-order valence-electron chi connectivity index (χ2n) is 2.88. The molecular formula is C9H12O4. The minimum Gasteiger partial charge on any atom is -0.469 e. The van der Waals surface area contributed by atoms with Gasteiger partial charge in [0, 0.05) is 12.0 Å². The van der Waals surface area contributed by atoms with Crippen LogP contribution in [-0.4, -0.2) is 25.2 Å². The number of ether oxygens (including phenoxy) is 2. The van der Waals surface area contributed by atoms with Crippen molar-refractivity contribution in [1.29, 1.82) is 0 Å². The molecule has 1 rings (SSSR count). The molecule has 1 unspecified atom stereocenters. The third kappa shape index (κ3) is 2.57. The first-order chi connectivity index (χ1) is 6.13. The predicted octanol–water partition coefficient (Wildman–Crippen LogP) is 0.811. The number of methoxy groups -OCH3 is 1. The predicted molar refractivity (Wildman–Crippen MR) is 44.9 cm³/mol. The Bertz CT molecular complexity index is 254. The molecule has 1 aliphatic rings. The van der Waals surface area contributed by atoms with E-state index in [1.54, 1.807) is 13.0 Å². The summed E-state index contributed by atoms with van der Waals surface area (Å²) in [6.07, 6.45) is 2.19. The summed E-state index contributed by atoms with van der Waals surface area (Å²) < 4.78 is 9.31. The number of cyclic esters (lactones) is 1. The number of carbonyl (C=O) groups excluding carboxylic acids is 2. The van der Waals surface area contributed by atoms with Crippen LogP contribution in [0, 0.1) is 0 Å². The average Bonchev–Trinajstić information content (AvgIpc) is 2.41. The zero-order chi connectivity index (χ0) is 9.84. The standard InChI is InChI=1S/C9H12O4/c1-6-5-7(9(11)13-6)3-4-8(10)12-2/h5-6H,3-4H2,1-2H3. The lowest BCUT2D eigenvalue weighted by molar-refractivity contribution is -0.140. The lowest BCUT2D eigenvalue weighted by Crippen LogP contribution is -2.06. The third-order valence-electron chi connectivity index (χ3n) is 1.82. The number of hydrogen-bond acceptors (Lipinski definition) is 4. The van der Waals surface area contributed by atoms with Gasteiger partial charge in [-0.1, -0.05) is 0 Å². The second kappa shape index (κ2) is 4.07. The Morgan fingerprint density at radius 3 is 2.85 bits per heavy atom. The fourth-order valence-electron chi connectivity index (χ4n) is 1.15. The van der Waals surface area contributed by atoms with Crippen molar-refractivity contribution in [2.75, 3.05) is 7.11 Å². The first-order valence-electron chi connectivity index (χ1n) is 4.12. The number of rotatable bonds is 3. The van der Waals surface area contributed by atoms with Gasteiger partial charge in [-0.05, 0) is 19.4 Å². The van der Waals surface area contributed by atoms with E-state index in [1.165, 1.54) is 7.11 Å². The van der Waals surface area contributed by atoms with E-state index in [-0.39, 0.29) is 24.5 Å². The minimum absolute atomic E-state index is 0.167. The van der Waals surface area contributed by atoms with Crippen LogP contribution in [0.25, 0.3) is 0 Å². The van der Waals surface area contributed by atoms with Gasteiger partial charge in [0.25, 0.3) is 0 Å². The SMILES string of the molecule is COC(=O)CCC1=CC(C)OC1=O. The van der Waals surface area contributed by atoms with Crippen LogP contribution in [0.5, 0.6) is 0 Å². The normalized spacial score (nSPS) is 20.9. The zero-order valence-corrected chi connectivity index (χ0v) is 7.70. The molecule has 1 atom stereocenters. The van der Waals surface area contributed by atoms with Crippen LogP contribution < -0.4 is 0 Å². The van der Waals surface area contributed by atoms with Crippen LogP contribution in [0.15, 0.2) is 11.6 Å². The highest BCUT2D eigenvalue weighted by Crippen LogP contribution is 2.17. The van der Waals surface area contributed by atoms with Crippen molar-refractivity contribution in [3.63, 3.8) is 0 Å². The molecule has 0 amide bonds. The van der Waals surface area contributed by atoms with Gasteiger partial charge < -0.3 is 9.47 Å². The molecule has 72 valence electrons. The number of hydrogen-bond donors (Lipinski definition) is 0. The van der Waals surface area contributed by atoms with Crippen LogP contribution in [0.2, 0.25) is 0 Å². The smallest absolute Gasteiger partial charge is 0.334 e. The summed E-state index contributed by atoms with van der Waals surface area (Å²) in [5.74, 6) is -0.635. The Kier molecular flexibility index (Phi) is 3.06. The van der Waals surface area contributed by atoms with Gasteiger partial charge in [0.1, 0.15) is 6.10 Å². The van der Waals surface area contributed by atoms with Gasteiger partial charge in [0.2, 0.25) is 0 Å². The van der Waals surface area contributed by atoms with E-state index in [1.807, 2.05) is 0 Å². The van der Waals surface area contributed by atoms with E-state index in [2.05, 4.69) is 4.74 Å². The Morgan fingerprint density at radius 2 is 2.38 bits per heavy atom. The minimum atomic E-state index is -0.323. The van der Waals surface area contributed by atoms with Crippen LogP contribution in [-0.2, 0) is 19.1 Å². The maximum Gasteiger partial charge on any atom is 0.334 e. The molecule has 0 aromatic heterocycles. The first kappa shape index (κ1) is 9.77. The Labute approximate surface area is 76.5 Å². The van der Waals surface area contributed by atoms with E-state index in [4.69, 9.17) is 4.74 Å². The Hall–Kier alpha value is -1.32. The Balaban J connectivity index is 2.41. The highest BCUT2D eigenvalue weighted by molar-refractivity contribution is 5.91. The van der Waals surface area contributed by atoms with Crippen LogP contribution in [0.3, 0.4) is 0 Å². The Morgan fingerprint density at radius 1 is 1.69 bits per heavy atom. The molecule has 1 aliphatic heterocycles. The molecule has 4 nitrogen and oxygen atoms in total. The summed E-state index contributed by atoms with van der Waals surface area (Å²) in [6.45, 7) is 1.78. The van der Waals surface area contributed by atoms with Gasteiger partial charge in [0.05, 0.1) is 7.11 Å². The molecule has 0 radical (unpaired) electrons. The van der Waals surface area contributed by atoms with E-state index < -0.39 is 0 Å². The molecule has 0 saturated heterocycles. The summed E-state index contributed by atoms with van der Waals surface area (Å²) in [5, 5.41) is 0. The van der Waals surface area contributed by atoms with Crippen molar-refractivity contribution < 1.29 is 19.1 Å². The van der Waals surface area contributed by atoms with Crippen molar-refractivity contribution >= 4 is 11.9 Å². The fraction of sp³-hybridized carbons (Fsp3) is 0.556. The van der Waals surface area contributed by atoms with E-state index in [0.29, 0.717) is 12.0 Å². The molecule has 4 heteroatoms. The van der Waals surface area contributed by atoms with Crippen molar-refractivity contribution in [3.8, 4) is 0 Å². The highest BCUT2D eigenvalue weighted by atomic mass is 16.5. The molecule has 0 saturated carbocycles. The largest absolute Gasteiger partial charge is 0.469 e. The summed E-state index contributed by atoms with van der Waals surface area (Å²) >= 11 is 0. The molecular weight excluding hydrogens is 172 g/mol. The van der Waals surface area contributed by atoms with E-state index in [9.17, 15) is 9.59 Å². The summed E-state index contributed by atoms with van der Waals surface area (Å²) in [6, 6.07) is 0. The van der Waals surface area contributed by atoms with Gasteiger partial charge in [-0.15, -0.1) is 0 Å². The van der Waals surface area contributed by atoms with Gasteiger partial charge in [-0.25, -0.2) is 4.79 Å². The highest BCUT2D eigenvalue weighted by Gasteiger charge is 2.22. The molecule has 0 aliphatic carbocycles. The summed E-state index contributed by atoms with van der Waals surface area (Å²) in [5.41, 5.74) is 0.568. The van der Waals surface area contributed by atoms with Crippen LogP contribution >= 0.6 is 0 Å². The van der Waals surface area contributed by atoms with Gasteiger partial charge in [0.15, 0.2) is 0 Å². The topological polar surface area (TPSA) is 52.6 Å². The van der Waals surface area contributed by atoms with Gasteiger partial charge in [-0.2, -0.15) is 0 Å². The monoisotopic (exact) mass is 184 g/mol. The van der Waals surface area contributed by atoms with E-state index >= 15 is 0 Å². The summed E-state index contributed by atoms with van der Waals surface area (Å²) in [4.78, 5) is 21.8. The second-order valence-corrected chi connectivity index (χ2v) is 2.88.